The number of halogens is 6. The Bertz CT molecular complexity index is 1760. The fourth-order valence-corrected chi connectivity index (χ4v) is 6.40. The van der Waals surface area contributed by atoms with Crippen LogP contribution in [0.15, 0.2) is 90.8 Å². The zero-order valence-corrected chi connectivity index (χ0v) is 29.0. The van der Waals surface area contributed by atoms with Gasteiger partial charge in [0.05, 0.1) is 47.7 Å². The third kappa shape index (κ3) is 8.99. The van der Waals surface area contributed by atoms with E-state index in [9.17, 15) is 45.8 Å². The number of carbonyl (C=O) groups is 3. The quantitative estimate of drug-likeness (QED) is 0.0634. The third-order valence-corrected chi connectivity index (χ3v) is 9.22. The van der Waals surface area contributed by atoms with Crippen molar-refractivity contribution in [2.24, 2.45) is 0 Å². The van der Waals surface area contributed by atoms with Gasteiger partial charge in [-0.05, 0) is 54.7 Å². The lowest BCUT2D eigenvalue weighted by molar-refractivity contribution is -0.147. The lowest BCUT2D eigenvalue weighted by atomic mass is 9.72. The van der Waals surface area contributed by atoms with Crippen LogP contribution in [0.5, 0.6) is 0 Å². The maximum Gasteiger partial charge on any atom is 0.416 e. The molecule has 0 bridgehead atoms. The predicted octanol–water partition coefficient (Wildman–Crippen LogP) is 8.17. The highest BCUT2D eigenvalue weighted by Gasteiger charge is 2.55. The number of carboxylic acid groups (broad SMARTS) is 1. The summed E-state index contributed by atoms with van der Waals surface area (Å²) in [5.74, 6) is -2.16. The van der Waals surface area contributed by atoms with E-state index in [1.54, 1.807) is 60.7 Å². The van der Waals surface area contributed by atoms with Crippen molar-refractivity contribution in [3.63, 3.8) is 0 Å². The highest BCUT2D eigenvalue weighted by Crippen LogP contribution is 2.46. The maximum atomic E-state index is 14.2. The summed E-state index contributed by atoms with van der Waals surface area (Å²) < 4.78 is 94.0. The van der Waals surface area contributed by atoms with Crippen molar-refractivity contribution >= 4 is 33.5 Å². The van der Waals surface area contributed by atoms with Gasteiger partial charge in [-0.1, -0.05) is 67.2 Å². The van der Waals surface area contributed by atoms with Crippen molar-refractivity contribution < 1.29 is 55.3 Å². The molecule has 0 aliphatic carbocycles. The second-order valence-electron chi connectivity index (χ2n) is 12.4. The molecule has 1 aliphatic heterocycles. The molecule has 1 unspecified atom stereocenters. The van der Waals surface area contributed by atoms with E-state index in [1.807, 2.05) is 0 Å². The molecule has 2 amide bonds. The molecule has 278 valence electrons. The first kappa shape index (κ1) is 40.0. The molecule has 1 aliphatic rings. The van der Waals surface area contributed by atoms with Gasteiger partial charge in [0.25, 0.3) is 5.91 Å². The molecule has 0 radical (unpaired) electrons. The van der Waals surface area contributed by atoms with E-state index in [-0.39, 0.29) is 30.8 Å². The first-order chi connectivity index (χ1) is 24.3. The maximum absolute atomic E-state index is 14.2. The Kier molecular flexibility index (Phi) is 12.2. The second-order valence-corrected chi connectivity index (χ2v) is 13.1. The van der Waals surface area contributed by atoms with Crippen LogP contribution in [0.25, 0.3) is 0 Å². The summed E-state index contributed by atoms with van der Waals surface area (Å²) in [5, 5.41) is 18.0. The number of benzene rings is 3. The van der Waals surface area contributed by atoms with E-state index in [0.717, 1.165) is 9.80 Å². The number of aliphatic carboxylic acids is 1. The molecule has 9 nitrogen and oxygen atoms in total. The topological polar surface area (TPSA) is 120 Å². The highest BCUT2D eigenvalue weighted by atomic mass is 31.0. The molecule has 3 aromatic rings. The standard InChI is InChI=1S/C36H36F6N3O6P/c1-23(26-15-28(35(37,38)39)17-29(16-26)36(40,41)42)51-21-34(27-11-7-4-8-12-27)14-13-33(18-30(46)47,45(22-43)31(48)24(2)52)20-44(34)32(49)50-19-25-9-5-3-6-10-25/h3-12,15-17,22-23,43H,2,13-14,18-21,52H2,1H3,(H,46,47)/t23-,33-,34-/m1/s1. The molecule has 1 heterocycles. The van der Waals surface area contributed by atoms with E-state index in [4.69, 9.17) is 14.9 Å². The number of nitrogens with zero attached hydrogens (tertiary/aromatic N) is 2. The van der Waals surface area contributed by atoms with Gasteiger partial charge in [0.15, 0.2) is 0 Å². The largest absolute Gasteiger partial charge is 0.481 e. The van der Waals surface area contributed by atoms with Crippen LogP contribution in [0, 0.1) is 5.41 Å². The van der Waals surface area contributed by atoms with Crippen LogP contribution in [-0.2, 0) is 43.6 Å². The van der Waals surface area contributed by atoms with E-state index in [1.165, 1.54) is 6.92 Å². The van der Waals surface area contributed by atoms with Gasteiger partial charge in [-0.3, -0.25) is 24.8 Å². The first-order valence-electron chi connectivity index (χ1n) is 15.8. The minimum Gasteiger partial charge on any atom is -0.481 e. The van der Waals surface area contributed by atoms with Crippen molar-refractivity contribution in [1.29, 1.82) is 5.41 Å². The summed E-state index contributed by atoms with van der Waals surface area (Å²) in [6.07, 6.45) is -12.9. The van der Waals surface area contributed by atoms with Gasteiger partial charge in [-0.15, -0.1) is 9.24 Å². The number of piperidine rings is 1. The summed E-state index contributed by atoms with van der Waals surface area (Å²) in [6.45, 7) is 3.60. The van der Waals surface area contributed by atoms with Crippen molar-refractivity contribution in [1.82, 2.24) is 9.80 Å². The summed E-state index contributed by atoms with van der Waals surface area (Å²) in [7, 11) is 2.09. The number of hydrogen-bond donors (Lipinski definition) is 2. The normalized spacial score (nSPS) is 19.7. The summed E-state index contributed by atoms with van der Waals surface area (Å²) >= 11 is 0. The molecule has 0 spiro atoms. The molecular weight excluding hydrogens is 715 g/mol. The number of hydrogen-bond acceptors (Lipinski definition) is 6. The molecular formula is C36H36F6N3O6P. The molecule has 4 atom stereocenters. The van der Waals surface area contributed by atoms with Gasteiger partial charge in [0, 0.05) is 11.9 Å². The second kappa shape index (κ2) is 15.9. The molecule has 1 saturated heterocycles. The molecule has 0 saturated carbocycles. The Morgan fingerprint density at radius 1 is 0.981 bits per heavy atom. The van der Waals surface area contributed by atoms with Crippen LogP contribution in [0.2, 0.25) is 0 Å². The minimum absolute atomic E-state index is 0.00909. The number of likely N-dealkylation sites (tertiary alicyclic amines) is 1. The number of ether oxygens (including phenoxy) is 2. The molecule has 52 heavy (non-hydrogen) atoms. The molecule has 4 rings (SSSR count). The zero-order chi connectivity index (χ0) is 38.5. The van der Waals surface area contributed by atoms with Gasteiger partial charge in [-0.25, -0.2) is 4.79 Å². The number of nitrogens with one attached hydrogen (secondary N) is 1. The lowest BCUT2D eigenvalue weighted by Crippen LogP contribution is -2.68. The van der Waals surface area contributed by atoms with Crippen molar-refractivity contribution in [2.45, 2.75) is 62.3 Å². The van der Waals surface area contributed by atoms with E-state index in [0.29, 0.717) is 29.6 Å². The number of rotatable bonds is 12. The third-order valence-electron chi connectivity index (χ3n) is 8.98. The van der Waals surface area contributed by atoms with E-state index < -0.39 is 83.8 Å². The lowest BCUT2D eigenvalue weighted by Gasteiger charge is -2.55. The number of carboxylic acids is 1. The van der Waals surface area contributed by atoms with Crippen molar-refractivity contribution in [2.75, 3.05) is 13.2 Å². The van der Waals surface area contributed by atoms with Crippen molar-refractivity contribution in [3.05, 3.63) is 119 Å². The first-order valence-corrected chi connectivity index (χ1v) is 16.4. The number of amides is 2. The summed E-state index contributed by atoms with van der Waals surface area (Å²) in [6, 6.07) is 17.9. The van der Waals surface area contributed by atoms with Gasteiger partial charge in [0.2, 0.25) is 0 Å². The van der Waals surface area contributed by atoms with Crippen LogP contribution in [-0.4, -0.2) is 57.9 Å². The predicted molar refractivity (Wildman–Crippen MR) is 181 cm³/mol. The van der Waals surface area contributed by atoms with Crippen LogP contribution < -0.4 is 0 Å². The molecule has 2 N–H and O–H groups in total. The van der Waals surface area contributed by atoms with Crippen molar-refractivity contribution in [3.8, 4) is 0 Å². The Balaban J connectivity index is 1.84. The smallest absolute Gasteiger partial charge is 0.416 e. The summed E-state index contributed by atoms with van der Waals surface area (Å²) in [4.78, 5) is 41.9. The molecule has 16 heteroatoms. The average molecular weight is 752 g/mol. The highest BCUT2D eigenvalue weighted by molar-refractivity contribution is 7.24. The zero-order valence-electron chi connectivity index (χ0n) is 27.8. The fraction of sp³-hybridized carbons (Fsp3) is 0.333. The van der Waals surface area contributed by atoms with E-state index in [2.05, 4.69) is 15.8 Å². The Hall–Kier alpha value is -4.75. The molecule has 3 aromatic carbocycles. The molecule has 1 fully saturated rings. The Morgan fingerprint density at radius 2 is 1.54 bits per heavy atom. The molecule has 0 aromatic heterocycles. The van der Waals surface area contributed by atoms with Gasteiger partial charge in [0.1, 0.15) is 6.61 Å². The van der Waals surface area contributed by atoms with Crippen LogP contribution in [0.1, 0.15) is 60.1 Å². The van der Waals surface area contributed by atoms with Crippen LogP contribution in [0.4, 0.5) is 31.1 Å². The van der Waals surface area contributed by atoms with E-state index >= 15 is 0 Å². The SMILES string of the molecule is C=C(P)C(=O)N(C=N)[C@@]1(CC(=O)O)CC[C@@](CO[C@H](C)c2cc(C(F)(F)F)cc(C(F)(F)F)c2)(c2ccccc2)N(C(=O)OCc2ccccc2)C1. The van der Waals surface area contributed by atoms with Crippen LogP contribution >= 0.6 is 9.24 Å². The minimum atomic E-state index is -5.10. The van der Waals surface area contributed by atoms with Crippen LogP contribution in [0.3, 0.4) is 0 Å². The average Bonchev–Trinajstić information content (AvgIpc) is 3.09. The monoisotopic (exact) mass is 751 g/mol. The number of alkyl halides is 6. The Labute approximate surface area is 297 Å². The van der Waals surface area contributed by atoms with Gasteiger partial charge in [-0.2, -0.15) is 26.3 Å². The van der Waals surface area contributed by atoms with Gasteiger partial charge >= 0.3 is 24.4 Å². The Morgan fingerprint density at radius 3 is 2.04 bits per heavy atom. The fourth-order valence-electron chi connectivity index (χ4n) is 6.26. The number of carbonyl (C=O) groups excluding carboxylic acids is 2. The summed E-state index contributed by atoms with van der Waals surface area (Å²) in [5.41, 5.74) is -5.75. The van der Waals surface area contributed by atoms with Gasteiger partial charge < -0.3 is 14.6 Å².